The van der Waals surface area contributed by atoms with Crippen molar-refractivity contribution in [2.75, 3.05) is 0 Å². The number of hydrogen-bond acceptors (Lipinski definition) is 0. The van der Waals surface area contributed by atoms with E-state index in [0.29, 0.717) is 5.92 Å². The van der Waals surface area contributed by atoms with Crippen molar-refractivity contribution in [3.63, 3.8) is 0 Å². The van der Waals surface area contributed by atoms with Gasteiger partial charge >= 0.3 is 0 Å². The van der Waals surface area contributed by atoms with Crippen LogP contribution in [0.1, 0.15) is 53.1 Å². The minimum absolute atomic E-state index is 0.129. The van der Waals surface area contributed by atoms with Gasteiger partial charge in [-0.15, -0.1) is 0 Å². The lowest BCUT2D eigenvalue weighted by molar-refractivity contribution is 0.661. The Balaban J connectivity index is 0.763. The molecule has 9 aromatic carbocycles. The summed E-state index contributed by atoms with van der Waals surface area (Å²) in [7, 11) is 0. The van der Waals surface area contributed by atoms with Crippen LogP contribution >= 0.6 is 0 Å². The van der Waals surface area contributed by atoms with Crippen LogP contribution in [0.25, 0.3) is 94.4 Å². The molecule has 0 spiro atoms. The van der Waals surface area contributed by atoms with E-state index in [1.54, 1.807) is 0 Å². The van der Waals surface area contributed by atoms with Crippen LogP contribution in [0.3, 0.4) is 0 Å². The van der Waals surface area contributed by atoms with E-state index in [2.05, 4.69) is 227 Å². The second kappa shape index (κ2) is 14.0. The minimum Gasteiger partial charge on any atom is -0.0759 e. The predicted molar refractivity (Wildman–Crippen MR) is 272 cm³/mol. The Morgan fingerprint density at radius 2 is 0.922 bits per heavy atom. The van der Waals surface area contributed by atoms with Crippen LogP contribution in [0.15, 0.2) is 211 Å². The summed E-state index contributed by atoms with van der Waals surface area (Å²) in [6, 6.07) is 64.1. The molecule has 0 nitrogen and oxygen atoms in total. The molecule has 0 saturated carbocycles. The summed E-state index contributed by atoms with van der Waals surface area (Å²) >= 11 is 0. The van der Waals surface area contributed by atoms with Crippen molar-refractivity contribution in [2.45, 2.75) is 38.5 Å². The smallest absolute Gasteiger partial charge is 0.0345 e. The maximum atomic E-state index is 2.44. The highest BCUT2D eigenvalue weighted by Crippen LogP contribution is 2.52. The Morgan fingerprint density at radius 1 is 0.438 bits per heavy atom. The van der Waals surface area contributed by atoms with Gasteiger partial charge in [0.05, 0.1) is 0 Å². The number of allylic oxidation sites excluding steroid dienone is 7. The molecule has 1 atom stereocenters. The topological polar surface area (TPSA) is 0 Å². The molecule has 0 N–H and O–H groups in total. The highest BCUT2D eigenvalue weighted by atomic mass is 14.4. The van der Waals surface area contributed by atoms with Gasteiger partial charge < -0.3 is 0 Å². The van der Waals surface area contributed by atoms with Crippen LogP contribution in [0.4, 0.5) is 0 Å². The van der Waals surface area contributed by atoms with E-state index in [4.69, 9.17) is 0 Å². The summed E-state index contributed by atoms with van der Waals surface area (Å²) in [6.45, 7) is 7.03. The molecule has 302 valence electrons. The van der Waals surface area contributed by atoms with Crippen molar-refractivity contribution in [1.29, 1.82) is 0 Å². The largest absolute Gasteiger partial charge is 0.0759 e. The van der Waals surface area contributed by atoms with Crippen molar-refractivity contribution in [1.82, 2.24) is 0 Å². The lowest BCUT2D eigenvalue weighted by Crippen LogP contribution is -2.18. The zero-order valence-corrected chi connectivity index (χ0v) is 36.4. The molecule has 9 aromatic rings. The average Bonchev–Trinajstić information content (AvgIpc) is 3.58. The maximum absolute atomic E-state index is 2.44. The molecule has 4 aliphatic rings. The monoisotopic (exact) mass is 814 g/mol. The molecular weight excluding hydrogens is 769 g/mol. The Morgan fingerprint density at radius 3 is 1.50 bits per heavy atom. The summed E-state index contributed by atoms with van der Waals surface area (Å²) < 4.78 is 0. The first-order chi connectivity index (χ1) is 31.4. The Kier molecular flexibility index (Phi) is 8.10. The lowest BCUT2D eigenvalue weighted by Gasteiger charge is -2.34. The fourth-order valence-corrected chi connectivity index (χ4v) is 11.7. The van der Waals surface area contributed by atoms with Crippen molar-refractivity contribution in [3.8, 4) is 66.8 Å². The SMILES string of the molecule is Cc1c2ccccc2c(-c2ccc(-c3ccc4c(c3)C(C)(C)c3cc(-c5ccc(-c6ccc(-c7ccc8c9c7CC=C7C=CC=C(C=C8)C79)cc6)cc5)ccc3-4)cc2)c2ccccc12. The van der Waals surface area contributed by atoms with Gasteiger partial charge in [0.15, 0.2) is 0 Å². The Labute approximate surface area is 375 Å². The van der Waals surface area contributed by atoms with Crippen LogP contribution in [0, 0.1) is 6.92 Å². The summed E-state index contributed by atoms with van der Waals surface area (Å²) in [5, 5.41) is 5.26. The second-order valence-electron chi connectivity index (χ2n) is 18.8. The zero-order valence-electron chi connectivity index (χ0n) is 36.4. The summed E-state index contributed by atoms with van der Waals surface area (Å²) in [5.41, 5.74) is 26.5. The third kappa shape index (κ3) is 5.55. The van der Waals surface area contributed by atoms with Crippen molar-refractivity contribution >= 4 is 27.6 Å². The van der Waals surface area contributed by atoms with Gasteiger partial charge in [0.1, 0.15) is 0 Å². The number of rotatable bonds is 5. The number of benzene rings is 9. The van der Waals surface area contributed by atoms with Gasteiger partial charge in [0.25, 0.3) is 0 Å². The Hall–Kier alpha value is -7.54. The van der Waals surface area contributed by atoms with Gasteiger partial charge in [-0.2, -0.15) is 0 Å². The summed E-state index contributed by atoms with van der Waals surface area (Å²) in [4.78, 5) is 0. The quantitative estimate of drug-likeness (QED) is 0.152. The molecule has 4 aliphatic carbocycles. The molecule has 1 unspecified atom stereocenters. The molecule has 0 aliphatic heterocycles. The Bertz CT molecular complexity index is 3510. The highest BCUT2D eigenvalue weighted by Gasteiger charge is 2.36. The molecule has 13 rings (SSSR count). The molecule has 0 fully saturated rings. The van der Waals surface area contributed by atoms with Crippen LogP contribution in [0.5, 0.6) is 0 Å². The van der Waals surface area contributed by atoms with Crippen LogP contribution in [0.2, 0.25) is 0 Å². The highest BCUT2D eigenvalue weighted by molar-refractivity contribution is 6.15. The molecule has 0 aromatic heterocycles. The van der Waals surface area contributed by atoms with Gasteiger partial charge in [0.2, 0.25) is 0 Å². The van der Waals surface area contributed by atoms with E-state index >= 15 is 0 Å². The van der Waals surface area contributed by atoms with E-state index in [1.165, 1.54) is 133 Å². The number of hydrogen-bond donors (Lipinski definition) is 0. The summed E-state index contributed by atoms with van der Waals surface area (Å²) in [5.74, 6) is 0.370. The molecule has 64 heavy (non-hydrogen) atoms. The molecule has 0 saturated heterocycles. The third-order valence-electron chi connectivity index (χ3n) is 15.1. The van der Waals surface area contributed by atoms with Crippen molar-refractivity contribution in [3.05, 3.63) is 245 Å². The maximum Gasteiger partial charge on any atom is 0.0345 e. The predicted octanol–water partition coefficient (Wildman–Crippen LogP) is 17.0. The van der Waals surface area contributed by atoms with Crippen LogP contribution in [-0.2, 0) is 11.8 Å². The van der Waals surface area contributed by atoms with E-state index in [9.17, 15) is 0 Å². The fraction of sp³-hybridized carbons (Fsp3) is 0.0938. The first-order valence-electron chi connectivity index (χ1n) is 22.8. The minimum atomic E-state index is -0.129. The van der Waals surface area contributed by atoms with E-state index < -0.39 is 0 Å². The van der Waals surface area contributed by atoms with Gasteiger partial charge in [-0.25, -0.2) is 0 Å². The number of aryl methyl sites for hydroxylation is 1. The molecule has 0 heteroatoms. The standard InChI is InChI=1S/C64H46/c1-39-51-11-4-6-13-56(51)62(57-14-7-5-12-52(39)57)47-25-21-43(22-26-47)50-32-35-55-54-34-31-49(37-59(54)64(2,3)60(55)38-50)42-17-15-40(16-18-42)41-19-23-44(24-20-41)53-33-29-48-28-27-45-9-8-10-46-30-36-58(53)63(48)61(45)46/h4-35,37-38,61H,36H2,1-3H3. The number of fused-ring (bicyclic) bond motifs is 5. The second-order valence-corrected chi connectivity index (χ2v) is 18.8. The molecular formula is C64H46. The lowest BCUT2D eigenvalue weighted by atomic mass is 9.70. The van der Waals surface area contributed by atoms with Crippen LogP contribution in [-0.4, -0.2) is 0 Å². The van der Waals surface area contributed by atoms with Crippen LogP contribution < -0.4 is 0 Å². The van der Waals surface area contributed by atoms with E-state index in [0.717, 1.165) is 6.42 Å². The molecule has 0 bridgehead atoms. The first kappa shape index (κ1) is 37.1. The summed E-state index contributed by atoms with van der Waals surface area (Å²) in [6.07, 6.45) is 14.8. The normalized spacial score (nSPS) is 16.0. The zero-order chi connectivity index (χ0) is 42.7. The van der Waals surface area contributed by atoms with Crippen molar-refractivity contribution < 1.29 is 0 Å². The van der Waals surface area contributed by atoms with Gasteiger partial charge in [-0.3, -0.25) is 0 Å². The molecule has 0 amide bonds. The van der Waals surface area contributed by atoms with Gasteiger partial charge in [0, 0.05) is 11.3 Å². The van der Waals surface area contributed by atoms with E-state index in [1.807, 2.05) is 0 Å². The van der Waals surface area contributed by atoms with Gasteiger partial charge in [-0.1, -0.05) is 208 Å². The molecule has 0 radical (unpaired) electrons. The van der Waals surface area contributed by atoms with Gasteiger partial charge in [-0.05, 0) is 158 Å². The third-order valence-corrected chi connectivity index (χ3v) is 15.1. The van der Waals surface area contributed by atoms with Crippen molar-refractivity contribution in [2.24, 2.45) is 0 Å². The fourth-order valence-electron chi connectivity index (χ4n) is 11.7. The first-order valence-corrected chi connectivity index (χ1v) is 22.8. The van der Waals surface area contributed by atoms with E-state index in [-0.39, 0.29) is 5.41 Å². The molecule has 0 heterocycles. The average molecular weight is 815 g/mol.